The fourth-order valence-electron chi connectivity index (χ4n) is 2.34. The van der Waals surface area contributed by atoms with Gasteiger partial charge >= 0.3 is 5.97 Å². The van der Waals surface area contributed by atoms with Gasteiger partial charge in [-0.2, -0.15) is 0 Å². The van der Waals surface area contributed by atoms with Crippen molar-refractivity contribution in [2.75, 3.05) is 26.7 Å². The molecule has 120 valence electrons. The molecule has 1 N–H and O–H groups in total. The number of halogens is 1. The van der Waals surface area contributed by atoms with Crippen LogP contribution in [-0.4, -0.2) is 59.4 Å². The number of thiophene rings is 1. The SMILES string of the molecule is CN(CC(=O)N1CCC(C)(C(=O)O)C1)C(=O)c1ccc(Br)s1. The maximum atomic E-state index is 12.2. The van der Waals surface area contributed by atoms with Crippen LogP contribution in [-0.2, 0) is 9.59 Å². The monoisotopic (exact) mass is 388 g/mol. The molecule has 1 saturated heterocycles. The van der Waals surface area contributed by atoms with Gasteiger partial charge in [0, 0.05) is 20.1 Å². The maximum Gasteiger partial charge on any atom is 0.311 e. The zero-order chi connectivity index (χ0) is 16.5. The van der Waals surface area contributed by atoms with Gasteiger partial charge < -0.3 is 14.9 Å². The molecule has 1 aromatic heterocycles. The first-order valence-electron chi connectivity index (χ1n) is 6.75. The summed E-state index contributed by atoms with van der Waals surface area (Å²) < 4.78 is 0.854. The lowest BCUT2D eigenvalue weighted by Gasteiger charge is -2.23. The van der Waals surface area contributed by atoms with Gasteiger partial charge in [0.2, 0.25) is 5.91 Å². The molecule has 1 aliphatic rings. The quantitative estimate of drug-likeness (QED) is 0.854. The number of nitrogens with zero attached hydrogens (tertiary/aromatic N) is 2. The van der Waals surface area contributed by atoms with Crippen molar-refractivity contribution in [3.05, 3.63) is 20.8 Å². The molecule has 1 aliphatic heterocycles. The van der Waals surface area contributed by atoms with Crippen LogP contribution in [0.5, 0.6) is 0 Å². The van der Waals surface area contributed by atoms with Gasteiger partial charge in [0.1, 0.15) is 0 Å². The van der Waals surface area contributed by atoms with Crippen LogP contribution in [0.3, 0.4) is 0 Å². The fourth-order valence-corrected chi connectivity index (χ4v) is 3.72. The summed E-state index contributed by atoms with van der Waals surface area (Å²) >= 11 is 4.61. The molecule has 8 heteroatoms. The average molecular weight is 389 g/mol. The number of amides is 2. The van der Waals surface area contributed by atoms with Crippen LogP contribution >= 0.6 is 27.3 Å². The zero-order valence-corrected chi connectivity index (χ0v) is 14.7. The third-order valence-corrected chi connectivity index (χ3v) is 5.46. The summed E-state index contributed by atoms with van der Waals surface area (Å²) in [7, 11) is 1.57. The molecule has 22 heavy (non-hydrogen) atoms. The van der Waals surface area contributed by atoms with E-state index in [1.807, 2.05) is 0 Å². The van der Waals surface area contributed by atoms with Gasteiger partial charge in [0.05, 0.1) is 20.6 Å². The van der Waals surface area contributed by atoms with Crippen LogP contribution in [0.4, 0.5) is 0 Å². The summed E-state index contributed by atoms with van der Waals surface area (Å²) in [6.07, 6.45) is 0.434. The average Bonchev–Trinajstić information content (AvgIpc) is 3.05. The second-order valence-corrected chi connectivity index (χ2v) is 8.16. The lowest BCUT2D eigenvalue weighted by molar-refractivity contribution is -0.147. The Labute approximate surface area is 140 Å². The highest BCUT2D eigenvalue weighted by atomic mass is 79.9. The second-order valence-electron chi connectivity index (χ2n) is 5.70. The smallest absolute Gasteiger partial charge is 0.311 e. The second kappa shape index (κ2) is 6.37. The lowest BCUT2D eigenvalue weighted by atomic mass is 9.90. The molecule has 1 atom stereocenters. The van der Waals surface area contributed by atoms with Crippen molar-refractivity contribution < 1.29 is 19.5 Å². The standard InChI is InChI=1S/C14H17BrN2O4S/c1-14(13(20)21)5-6-17(8-14)11(18)7-16(2)12(19)9-3-4-10(15)22-9/h3-4H,5-8H2,1-2H3,(H,20,21). The number of hydrogen-bond acceptors (Lipinski definition) is 4. The van der Waals surface area contributed by atoms with Gasteiger partial charge in [-0.25, -0.2) is 0 Å². The van der Waals surface area contributed by atoms with E-state index in [1.54, 1.807) is 26.1 Å². The van der Waals surface area contributed by atoms with Crippen molar-refractivity contribution in [2.24, 2.45) is 5.41 Å². The summed E-state index contributed by atoms with van der Waals surface area (Å²) in [6.45, 7) is 2.19. The number of aliphatic carboxylic acids is 1. The van der Waals surface area contributed by atoms with Gasteiger partial charge in [-0.1, -0.05) is 0 Å². The first-order valence-corrected chi connectivity index (χ1v) is 8.36. The summed E-state index contributed by atoms with van der Waals surface area (Å²) in [5, 5.41) is 9.19. The molecule has 0 aliphatic carbocycles. The van der Waals surface area contributed by atoms with Gasteiger partial charge in [0.25, 0.3) is 5.91 Å². The van der Waals surface area contributed by atoms with Crippen LogP contribution in [0.2, 0.25) is 0 Å². The predicted molar refractivity (Wildman–Crippen MR) is 85.9 cm³/mol. The number of likely N-dealkylation sites (tertiary alicyclic amines) is 1. The Morgan fingerprint density at radius 2 is 2.14 bits per heavy atom. The third-order valence-electron chi connectivity index (χ3n) is 3.85. The van der Waals surface area contributed by atoms with Crippen molar-refractivity contribution in [1.29, 1.82) is 0 Å². The highest BCUT2D eigenvalue weighted by molar-refractivity contribution is 9.11. The summed E-state index contributed by atoms with van der Waals surface area (Å²) in [4.78, 5) is 39.1. The Balaban J connectivity index is 1.95. The molecular weight excluding hydrogens is 372 g/mol. The normalized spacial score (nSPS) is 21.0. The Bertz CT molecular complexity index is 618. The Morgan fingerprint density at radius 3 is 2.64 bits per heavy atom. The van der Waals surface area contributed by atoms with E-state index in [2.05, 4.69) is 15.9 Å². The van der Waals surface area contributed by atoms with E-state index in [1.165, 1.54) is 21.1 Å². The van der Waals surface area contributed by atoms with Crippen molar-refractivity contribution in [2.45, 2.75) is 13.3 Å². The van der Waals surface area contributed by atoms with Crippen LogP contribution in [0.15, 0.2) is 15.9 Å². The number of carboxylic acids is 1. The first-order chi connectivity index (χ1) is 10.2. The number of carbonyl (C=O) groups is 3. The molecule has 0 bridgehead atoms. The van der Waals surface area contributed by atoms with E-state index in [0.29, 0.717) is 17.8 Å². The Kier molecular flexibility index (Phi) is 4.91. The minimum atomic E-state index is -0.893. The summed E-state index contributed by atoms with van der Waals surface area (Å²) in [5.41, 5.74) is -0.892. The van der Waals surface area contributed by atoms with Gasteiger partial charge in [-0.15, -0.1) is 11.3 Å². The molecule has 1 unspecified atom stereocenters. The number of hydrogen-bond donors (Lipinski definition) is 1. The summed E-state index contributed by atoms with van der Waals surface area (Å²) in [6, 6.07) is 3.49. The molecule has 0 saturated carbocycles. The number of carbonyl (C=O) groups excluding carboxylic acids is 2. The predicted octanol–water partition coefficient (Wildman–Crippen LogP) is 1.91. The number of likely N-dealkylation sites (N-methyl/N-ethyl adjacent to an activating group) is 1. The number of carboxylic acid groups (broad SMARTS) is 1. The van der Waals surface area contributed by atoms with E-state index in [4.69, 9.17) is 0 Å². The third kappa shape index (κ3) is 3.49. The van der Waals surface area contributed by atoms with E-state index >= 15 is 0 Å². The van der Waals surface area contributed by atoms with E-state index in [0.717, 1.165) is 3.79 Å². The lowest BCUT2D eigenvalue weighted by Crippen LogP contribution is -2.41. The van der Waals surface area contributed by atoms with Gasteiger partial charge in [-0.05, 0) is 41.4 Å². The van der Waals surface area contributed by atoms with Crippen molar-refractivity contribution in [1.82, 2.24) is 9.80 Å². The summed E-state index contributed by atoms with van der Waals surface area (Å²) in [5.74, 6) is -1.34. The van der Waals surface area contributed by atoms with Crippen LogP contribution in [0, 0.1) is 5.41 Å². The zero-order valence-electron chi connectivity index (χ0n) is 12.3. The molecule has 2 heterocycles. The fraction of sp³-hybridized carbons (Fsp3) is 0.500. The molecule has 0 radical (unpaired) electrons. The van der Waals surface area contributed by atoms with Crippen molar-refractivity contribution in [3.8, 4) is 0 Å². The van der Waals surface area contributed by atoms with Crippen molar-refractivity contribution >= 4 is 45.1 Å². The van der Waals surface area contributed by atoms with E-state index < -0.39 is 11.4 Å². The highest BCUT2D eigenvalue weighted by Gasteiger charge is 2.42. The van der Waals surface area contributed by atoms with Crippen LogP contribution in [0.25, 0.3) is 0 Å². The molecule has 6 nitrogen and oxygen atoms in total. The molecule has 2 amide bonds. The Hall–Kier alpha value is -1.41. The van der Waals surface area contributed by atoms with E-state index in [-0.39, 0.29) is 24.9 Å². The molecule has 1 fully saturated rings. The minimum absolute atomic E-state index is 0.0515. The maximum absolute atomic E-state index is 12.2. The molecular formula is C14H17BrN2O4S. The Morgan fingerprint density at radius 1 is 1.45 bits per heavy atom. The van der Waals surface area contributed by atoms with E-state index in [9.17, 15) is 19.5 Å². The highest BCUT2D eigenvalue weighted by Crippen LogP contribution is 2.30. The molecule has 0 aromatic carbocycles. The van der Waals surface area contributed by atoms with Gasteiger partial charge in [-0.3, -0.25) is 14.4 Å². The van der Waals surface area contributed by atoms with Crippen LogP contribution < -0.4 is 0 Å². The van der Waals surface area contributed by atoms with Crippen molar-refractivity contribution in [3.63, 3.8) is 0 Å². The molecule has 2 rings (SSSR count). The first kappa shape index (κ1) is 17.0. The minimum Gasteiger partial charge on any atom is -0.481 e. The van der Waals surface area contributed by atoms with Gasteiger partial charge in [0.15, 0.2) is 0 Å². The topological polar surface area (TPSA) is 77.9 Å². The van der Waals surface area contributed by atoms with Crippen LogP contribution in [0.1, 0.15) is 23.0 Å². The largest absolute Gasteiger partial charge is 0.481 e. The molecule has 0 spiro atoms. The number of rotatable bonds is 4. The molecule has 1 aromatic rings.